The van der Waals surface area contributed by atoms with Gasteiger partial charge in [0.1, 0.15) is 0 Å². The van der Waals surface area contributed by atoms with Crippen molar-refractivity contribution in [3.8, 4) is 33.4 Å². The van der Waals surface area contributed by atoms with E-state index >= 15 is 0 Å². The highest BCUT2D eigenvalue weighted by Gasteiger charge is 2.18. The Bertz CT molecular complexity index is 1210. The molecule has 0 heterocycles. The van der Waals surface area contributed by atoms with Crippen LogP contribution in [0.4, 0.5) is 0 Å². The molecule has 2 heteroatoms. The normalized spacial score (nSPS) is 12.1. The van der Waals surface area contributed by atoms with Gasteiger partial charge in [-0.1, -0.05) is 128 Å². The van der Waals surface area contributed by atoms with Crippen molar-refractivity contribution in [3.63, 3.8) is 0 Å². The van der Waals surface area contributed by atoms with Gasteiger partial charge in [-0.05, 0) is 58.5 Å². The quantitative estimate of drug-likeness (QED) is 0.262. The Morgan fingerprint density at radius 2 is 0.758 bits per heavy atom. The van der Waals surface area contributed by atoms with E-state index in [1.54, 1.807) is 0 Å². The predicted octanol–water partition coefficient (Wildman–Crippen LogP) is 8.09. The summed E-state index contributed by atoms with van der Waals surface area (Å²) in [5.41, 5.74) is 9.06. The Hall–Kier alpha value is -2.69. The van der Waals surface area contributed by atoms with E-state index in [0.717, 1.165) is 0 Å². The van der Waals surface area contributed by atoms with Gasteiger partial charge in [-0.2, -0.15) is 0 Å². The van der Waals surface area contributed by atoms with E-state index in [2.05, 4.69) is 137 Å². The van der Waals surface area contributed by atoms with Crippen LogP contribution >= 0.6 is 0 Å². The molecule has 0 bridgehead atoms. The van der Waals surface area contributed by atoms with E-state index in [1.165, 1.54) is 49.3 Å². The molecular weight excluding hydrogens is 429 g/mol. The van der Waals surface area contributed by atoms with Crippen molar-refractivity contribution < 1.29 is 0 Å². The van der Waals surface area contributed by atoms with Crippen LogP contribution in [0.5, 0.6) is 0 Å². The summed E-state index contributed by atoms with van der Waals surface area (Å²) < 4.78 is 0. The molecule has 4 aromatic carbocycles. The standard InChI is InChI=1S/C31H36Si2/c1-23-11-8-12-24(17-23)27-18-28(25-13-9-15-30(21-25)32(2,3)4)20-29(19-27)26-14-10-16-31(22-26)33(5,6)7/h8-22H,1-7H3. The summed E-state index contributed by atoms with van der Waals surface area (Å²) in [7, 11) is -2.77. The minimum Gasteiger partial charge on any atom is -0.0656 e. The van der Waals surface area contributed by atoms with E-state index in [1.807, 2.05) is 0 Å². The molecule has 33 heavy (non-hydrogen) atoms. The monoisotopic (exact) mass is 464 g/mol. The van der Waals surface area contributed by atoms with Crippen LogP contribution in [0.1, 0.15) is 5.56 Å². The third kappa shape index (κ3) is 5.46. The second-order valence-electron chi connectivity index (χ2n) is 11.3. The van der Waals surface area contributed by atoms with E-state index in [4.69, 9.17) is 0 Å². The zero-order valence-electron chi connectivity index (χ0n) is 21.2. The molecule has 0 nitrogen and oxygen atoms in total. The molecule has 0 saturated carbocycles. The summed E-state index contributed by atoms with van der Waals surface area (Å²) >= 11 is 0. The lowest BCUT2D eigenvalue weighted by Crippen LogP contribution is -2.37. The first-order valence-corrected chi connectivity index (χ1v) is 18.9. The summed E-state index contributed by atoms with van der Waals surface area (Å²) in [5, 5.41) is 3.01. The molecule has 0 spiro atoms. The zero-order valence-corrected chi connectivity index (χ0v) is 23.2. The molecule has 0 aliphatic carbocycles. The van der Waals surface area contributed by atoms with Gasteiger partial charge in [0.15, 0.2) is 0 Å². The van der Waals surface area contributed by atoms with Crippen LogP contribution in [-0.4, -0.2) is 16.1 Å². The van der Waals surface area contributed by atoms with Crippen LogP contribution in [0.15, 0.2) is 91.0 Å². The lowest BCUT2D eigenvalue weighted by molar-refractivity contribution is 1.46. The molecule has 168 valence electrons. The topological polar surface area (TPSA) is 0 Å². The third-order valence-electron chi connectivity index (χ3n) is 6.41. The van der Waals surface area contributed by atoms with E-state index < -0.39 is 16.1 Å². The molecule has 0 N–H and O–H groups in total. The summed E-state index contributed by atoms with van der Waals surface area (Å²) in [6, 6.07) is 34.4. The molecule has 0 aromatic heterocycles. The number of hydrogen-bond acceptors (Lipinski definition) is 0. The summed E-state index contributed by atoms with van der Waals surface area (Å²) in [5.74, 6) is 0. The highest BCUT2D eigenvalue weighted by Crippen LogP contribution is 2.33. The second-order valence-corrected chi connectivity index (χ2v) is 21.5. The first-order chi connectivity index (χ1) is 15.5. The molecule has 0 saturated heterocycles. The van der Waals surface area contributed by atoms with E-state index in [0.29, 0.717) is 0 Å². The van der Waals surface area contributed by atoms with Gasteiger partial charge >= 0.3 is 0 Å². The molecule has 4 rings (SSSR count). The van der Waals surface area contributed by atoms with Crippen molar-refractivity contribution in [1.29, 1.82) is 0 Å². The third-order valence-corrected chi connectivity index (χ3v) is 10.5. The largest absolute Gasteiger partial charge is 0.0776 e. The zero-order chi connectivity index (χ0) is 23.8. The highest BCUT2D eigenvalue weighted by molar-refractivity contribution is 6.89. The first-order valence-electron chi connectivity index (χ1n) is 11.9. The predicted molar refractivity (Wildman–Crippen MR) is 153 cm³/mol. The molecule has 0 atom stereocenters. The number of aryl methyl sites for hydroxylation is 1. The van der Waals surface area contributed by atoms with Gasteiger partial charge in [0.2, 0.25) is 0 Å². The number of benzene rings is 4. The van der Waals surface area contributed by atoms with Gasteiger partial charge in [-0.15, -0.1) is 0 Å². The first kappa shape index (κ1) is 23.5. The molecule has 0 aliphatic rings. The van der Waals surface area contributed by atoms with Gasteiger partial charge in [0.05, 0.1) is 16.1 Å². The highest BCUT2D eigenvalue weighted by atomic mass is 28.3. The van der Waals surface area contributed by atoms with Crippen molar-refractivity contribution in [2.75, 3.05) is 0 Å². The van der Waals surface area contributed by atoms with Crippen molar-refractivity contribution in [3.05, 3.63) is 96.6 Å². The van der Waals surface area contributed by atoms with Crippen molar-refractivity contribution in [2.24, 2.45) is 0 Å². The van der Waals surface area contributed by atoms with E-state index in [9.17, 15) is 0 Å². The Balaban J connectivity index is 1.92. The Morgan fingerprint density at radius 1 is 0.394 bits per heavy atom. The minimum absolute atomic E-state index is 1.28. The van der Waals surface area contributed by atoms with Crippen molar-refractivity contribution in [1.82, 2.24) is 0 Å². The molecule has 0 radical (unpaired) electrons. The van der Waals surface area contributed by atoms with Gasteiger partial charge in [0.25, 0.3) is 0 Å². The summed E-state index contributed by atoms with van der Waals surface area (Å²) in [6.07, 6.45) is 0. The van der Waals surface area contributed by atoms with Crippen LogP contribution in [0.2, 0.25) is 39.3 Å². The van der Waals surface area contributed by atoms with Crippen molar-refractivity contribution in [2.45, 2.75) is 46.2 Å². The lowest BCUT2D eigenvalue weighted by Gasteiger charge is -2.19. The van der Waals surface area contributed by atoms with Gasteiger partial charge < -0.3 is 0 Å². The maximum atomic E-state index is 2.42. The molecule has 0 fully saturated rings. The Kier molecular flexibility index (Phi) is 6.35. The second kappa shape index (κ2) is 8.92. The lowest BCUT2D eigenvalue weighted by atomic mass is 9.93. The van der Waals surface area contributed by atoms with Gasteiger partial charge in [-0.25, -0.2) is 0 Å². The molecule has 0 aliphatic heterocycles. The number of rotatable bonds is 5. The van der Waals surface area contributed by atoms with E-state index in [-0.39, 0.29) is 0 Å². The van der Waals surface area contributed by atoms with Crippen LogP contribution < -0.4 is 10.4 Å². The van der Waals surface area contributed by atoms with Crippen molar-refractivity contribution >= 4 is 26.5 Å². The molecule has 4 aromatic rings. The SMILES string of the molecule is Cc1cccc(-c2cc(-c3cccc([Si](C)(C)C)c3)cc(-c3cccc([Si](C)(C)C)c3)c2)c1. The van der Waals surface area contributed by atoms with Gasteiger partial charge in [0, 0.05) is 0 Å². The van der Waals surface area contributed by atoms with Gasteiger partial charge in [-0.3, -0.25) is 0 Å². The fraction of sp³-hybridized carbons (Fsp3) is 0.226. The molecule has 0 unspecified atom stereocenters. The fourth-order valence-electron chi connectivity index (χ4n) is 4.28. The minimum atomic E-state index is -1.38. The van der Waals surface area contributed by atoms with Crippen LogP contribution in [0.25, 0.3) is 33.4 Å². The summed E-state index contributed by atoms with van der Waals surface area (Å²) in [4.78, 5) is 0. The summed E-state index contributed by atoms with van der Waals surface area (Å²) in [6.45, 7) is 16.7. The maximum Gasteiger partial charge on any atom is 0.0776 e. The molecular formula is C31H36Si2. The maximum absolute atomic E-state index is 2.42. The van der Waals surface area contributed by atoms with Crippen LogP contribution in [0, 0.1) is 6.92 Å². The Morgan fingerprint density at radius 3 is 1.12 bits per heavy atom. The van der Waals surface area contributed by atoms with Crippen LogP contribution in [0.3, 0.4) is 0 Å². The number of hydrogen-bond donors (Lipinski definition) is 0. The average Bonchev–Trinajstić information content (AvgIpc) is 2.78. The van der Waals surface area contributed by atoms with Crippen LogP contribution in [-0.2, 0) is 0 Å². The Labute approximate surface area is 202 Å². The smallest absolute Gasteiger partial charge is 0.0656 e. The molecule has 0 amide bonds. The fourth-order valence-corrected chi connectivity index (χ4v) is 6.65. The average molecular weight is 465 g/mol.